The van der Waals surface area contributed by atoms with Crippen LogP contribution in [0.15, 0.2) is 42.7 Å². The average Bonchev–Trinajstić information content (AvgIpc) is 2.33. The SMILES string of the molecule is Cc1cncc(-c2ccccc2)n1.[F][Cu]. The summed E-state index contributed by atoms with van der Waals surface area (Å²) in [6.45, 7) is 1.94. The quantitative estimate of drug-likeness (QED) is 0.730. The summed E-state index contributed by atoms with van der Waals surface area (Å²) in [6.07, 6.45) is 3.54. The second-order valence-electron chi connectivity index (χ2n) is 2.91. The van der Waals surface area contributed by atoms with Crippen molar-refractivity contribution in [3.63, 3.8) is 0 Å². The van der Waals surface area contributed by atoms with Gasteiger partial charge in [-0.3, -0.25) is 4.98 Å². The molecule has 0 saturated heterocycles. The Morgan fingerprint density at radius 3 is 2.33 bits per heavy atom. The number of aryl methyl sites for hydroxylation is 1. The maximum atomic E-state index is 9.06. The number of hydrogen-bond donors (Lipinski definition) is 0. The molecule has 1 heterocycles. The molecule has 4 heteroatoms. The van der Waals surface area contributed by atoms with Crippen LogP contribution in [0.2, 0.25) is 0 Å². The summed E-state index contributed by atoms with van der Waals surface area (Å²) in [5, 5.41) is 0. The summed E-state index contributed by atoms with van der Waals surface area (Å²) in [4.78, 5) is 8.48. The van der Waals surface area contributed by atoms with Gasteiger partial charge in [-0.1, -0.05) is 30.3 Å². The average molecular weight is 253 g/mol. The molecular formula is C11H10CuFN2. The van der Waals surface area contributed by atoms with Crippen LogP contribution in [-0.4, -0.2) is 9.97 Å². The van der Waals surface area contributed by atoms with Gasteiger partial charge in [-0.15, -0.1) is 0 Å². The van der Waals surface area contributed by atoms with Crippen LogP contribution in [0.3, 0.4) is 0 Å². The van der Waals surface area contributed by atoms with E-state index in [0.717, 1.165) is 17.0 Å². The fourth-order valence-electron chi connectivity index (χ4n) is 1.21. The summed E-state index contributed by atoms with van der Waals surface area (Å²) >= 11 is 2.69. The zero-order valence-electron chi connectivity index (χ0n) is 8.12. The van der Waals surface area contributed by atoms with Crippen molar-refractivity contribution < 1.29 is 20.0 Å². The van der Waals surface area contributed by atoms with Crippen LogP contribution in [0.1, 0.15) is 5.69 Å². The Labute approximate surface area is 96.9 Å². The van der Waals surface area contributed by atoms with Crippen LogP contribution in [0.25, 0.3) is 11.3 Å². The standard InChI is InChI=1S/C11H10N2.Cu.FH/c1-9-7-12-8-11(13-9)10-5-3-2-4-6-10;;/h2-8H,1H3;;1H/q;+1;/p-1. The van der Waals surface area contributed by atoms with E-state index in [0.29, 0.717) is 0 Å². The Bertz CT molecular complexity index is 406. The first-order chi connectivity index (χ1) is 7.36. The molecule has 0 spiro atoms. The molecule has 0 fully saturated rings. The number of rotatable bonds is 1. The van der Waals surface area contributed by atoms with E-state index in [2.05, 4.69) is 26.4 Å². The molecule has 15 heavy (non-hydrogen) atoms. The minimum absolute atomic E-state index is 0.931. The molecule has 0 atom stereocenters. The molecule has 0 unspecified atom stereocenters. The zero-order chi connectivity index (χ0) is 11.1. The van der Waals surface area contributed by atoms with Crippen LogP contribution >= 0.6 is 0 Å². The van der Waals surface area contributed by atoms with E-state index in [4.69, 9.17) is 3.55 Å². The van der Waals surface area contributed by atoms with Crippen molar-refractivity contribution in [1.82, 2.24) is 9.97 Å². The molecule has 0 N–H and O–H groups in total. The van der Waals surface area contributed by atoms with Gasteiger partial charge in [0.15, 0.2) is 0 Å². The van der Waals surface area contributed by atoms with Crippen molar-refractivity contribution in [1.29, 1.82) is 0 Å². The molecule has 2 nitrogen and oxygen atoms in total. The summed E-state index contributed by atoms with van der Waals surface area (Å²) in [5.74, 6) is 0. The topological polar surface area (TPSA) is 25.8 Å². The van der Waals surface area contributed by atoms with Crippen LogP contribution in [0, 0.1) is 6.92 Å². The molecule has 0 saturated carbocycles. The molecule has 2 rings (SSSR count). The molecular weight excluding hydrogens is 243 g/mol. The van der Waals surface area contributed by atoms with E-state index in [-0.39, 0.29) is 0 Å². The van der Waals surface area contributed by atoms with E-state index in [1.165, 1.54) is 0 Å². The molecule has 0 aliphatic rings. The van der Waals surface area contributed by atoms with E-state index in [9.17, 15) is 0 Å². The predicted molar refractivity (Wildman–Crippen MR) is 53.3 cm³/mol. The number of hydrogen-bond acceptors (Lipinski definition) is 2. The van der Waals surface area contributed by atoms with Crippen molar-refractivity contribution in [2.75, 3.05) is 0 Å². The Hall–Kier alpha value is -1.25. The molecule has 0 bridgehead atoms. The fraction of sp³-hybridized carbons (Fsp3) is 0.0909. The third-order valence-corrected chi connectivity index (χ3v) is 1.82. The molecule has 0 aliphatic carbocycles. The van der Waals surface area contributed by atoms with Crippen LogP contribution < -0.4 is 0 Å². The molecule has 0 aliphatic heterocycles. The van der Waals surface area contributed by atoms with Crippen molar-refractivity contribution in [3.8, 4) is 11.3 Å². The summed E-state index contributed by atoms with van der Waals surface area (Å²) < 4.78 is 9.06. The van der Waals surface area contributed by atoms with Crippen LogP contribution in [0.5, 0.6) is 0 Å². The molecule has 82 valence electrons. The Balaban J connectivity index is 0.000000531. The number of aromatic nitrogens is 2. The first-order valence-electron chi connectivity index (χ1n) is 4.32. The Morgan fingerprint density at radius 2 is 1.73 bits per heavy atom. The second-order valence-corrected chi connectivity index (χ2v) is 2.91. The van der Waals surface area contributed by atoms with Gasteiger partial charge in [0.1, 0.15) is 0 Å². The summed E-state index contributed by atoms with van der Waals surface area (Å²) in [7, 11) is 0. The fourth-order valence-corrected chi connectivity index (χ4v) is 1.21. The number of benzene rings is 1. The van der Waals surface area contributed by atoms with Gasteiger partial charge < -0.3 is 0 Å². The Morgan fingerprint density at radius 1 is 1.07 bits per heavy atom. The Kier molecular flexibility index (Phi) is 4.94. The van der Waals surface area contributed by atoms with Gasteiger partial charge in [-0.25, -0.2) is 4.98 Å². The van der Waals surface area contributed by atoms with E-state index >= 15 is 0 Å². The van der Waals surface area contributed by atoms with Gasteiger partial charge in [-0.2, -0.15) is 0 Å². The minimum atomic E-state index is 0.931. The molecule has 1 aromatic carbocycles. The van der Waals surface area contributed by atoms with Crippen molar-refractivity contribution in [3.05, 3.63) is 48.4 Å². The van der Waals surface area contributed by atoms with Crippen molar-refractivity contribution >= 4 is 0 Å². The van der Waals surface area contributed by atoms with Gasteiger partial charge in [0.25, 0.3) is 0 Å². The summed E-state index contributed by atoms with van der Waals surface area (Å²) in [6, 6.07) is 10.1. The molecule has 1 aromatic heterocycles. The van der Waals surface area contributed by atoms with Gasteiger partial charge in [0.05, 0.1) is 17.6 Å². The summed E-state index contributed by atoms with van der Waals surface area (Å²) in [5.41, 5.74) is 2.99. The van der Waals surface area contributed by atoms with Crippen molar-refractivity contribution in [2.24, 2.45) is 0 Å². The normalized spacial score (nSPS) is 9.07. The van der Waals surface area contributed by atoms with Gasteiger partial charge >= 0.3 is 20.0 Å². The van der Waals surface area contributed by atoms with Crippen LogP contribution in [0.4, 0.5) is 3.55 Å². The number of halogens is 1. The third kappa shape index (κ3) is 3.42. The molecule has 2 aromatic rings. The number of nitrogens with zero attached hydrogens (tertiary/aromatic N) is 2. The van der Waals surface area contributed by atoms with Gasteiger partial charge in [0, 0.05) is 11.8 Å². The maximum absolute atomic E-state index is 9.06. The van der Waals surface area contributed by atoms with E-state index < -0.39 is 0 Å². The van der Waals surface area contributed by atoms with Crippen molar-refractivity contribution in [2.45, 2.75) is 6.92 Å². The first kappa shape index (κ1) is 11.8. The molecule has 0 amide bonds. The zero-order valence-corrected chi connectivity index (χ0v) is 9.06. The van der Waals surface area contributed by atoms with Crippen LogP contribution in [-0.2, 0) is 16.5 Å². The monoisotopic (exact) mass is 252 g/mol. The van der Waals surface area contributed by atoms with Gasteiger partial charge in [0.2, 0.25) is 0 Å². The molecule has 0 radical (unpaired) electrons. The van der Waals surface area contributed by atoms with E-state index in [1.807, 2.05) is 37.3 Å². The first-order valence-corrected chi connectivity index (χ1v) is 4.67. The third-order valence-electron chi connectivity index (χ3n) is 1.82. The van der Waals surface area contributed by atoms with E-state index in [1.54, 1.807) is 12.4 Å². The van der Waals surface area contributed by atoms with Gasteiger partial charge in [-0.05, 0) is 6.92 Å². The predicted octanol–water partition coefficient (Wildman–Crippen LogP) is 2.87. The second kappa shape index (κ2) is 6.27.